The lowest BCUT2D eigenvalue weighted by Crippen LogP contribution is -2.53. The summed E-state index contributed by atoms with van der Waals surface area (Å²) < 4.78 is 37.0. The number of carboxylic acid groups (broad SMARTS) is 1. The molecule has 1 atom stereocenters. The molecule has 1 aromatic rings. The Hall–Kier alpha value is -2.66. The van der Waals surface area contributed by atoms with Gasteiger partial charge in [-0.1, -0.05) is 18.2 Å². The summed E-state index contributed by atoms with van der Waals surface area (Å²) in [7, 11) is 3.66. The minimum atomic E-state index is -5.08. The molecule has 1 aromatic carbocycles. The minimum absolute atomic E-state index is 0.0366. The first-order valence-corrected chi connectivity index (χ1v) is 12.0. The molecule has 3 heterocycles. The average molecular weight is 514 g/mol. The summed E-state index contributed by atoms with van der Waals surface area (Å²) in [6.07, 6.45) is -2.36. The number of halogens is 3. The fraction of sp³-hybridized carbons (Fsp3) is 0.640. The molecular weight excluding hydrogens is 479 g/mol. The van der Waals surface area contributed by atoms with Crippen LogP contribution in [0.2, 0.25) is 0 Å². The monoisotopic (exact) mass is 513 g/mol. The van der Waals surface area contributed by atoms with Crippen LogP contribution in [0.25, 0.3) is 0 Å². The zero-order valence-electron chi connectivity index (χ0n) is 20.9. The summed E-state index contributed by atoms with van der Waals surface area (Å²) >= 11 is 0. The fourth-order valence-electron chi connectivity index (χ4n) is 5.89. The lowest BCUT2D eigenvalue weighted by Gasteiger charge is -2.47. The summed E-state index contributed by atoms with van der Waals surface area (Å²) in [5.74, 6) is -2.33. The molecule has 3 aliphatic heterocycles. The molecule has 8 nitrogen and oxygen atoms in total. The number of carbonyl (C=O) groups excluding carboxylic acids is 2. The number of amides is 2. The van der Waals surface area contributed by atoms with Crippen LogP contribution in [0.5, 0.6) is 0 Å². The van der Waals surface area contributed by atoms with Crippen LogP contribution in [0.3, 0.4) is 0 Å². The van der Waals surface area contributed by atoms with Crippen LogP contribution < -0.4 is 0 Å². The Morgan fingerprint density at radius 3 is 2.19 bits per heavy atom. The van der Waals surface area contributed by atoms with Crippen molar-refractivity contribution in [2.24, 2.45) is 10.8 Å². The van der Waals surface area contributed by atoms with Crippen LogP contribution in [0, 0.1) is 17.8 Å². The highest BCUT2D eigenvalue weighted by atomic mass is 19.4. The largest absolute Gasteiger partial charge is 0.490 e. The molecule has 0 bridgehead atoms. The molecule has 0 radical (unpaired) electrons. The maximum atomic E-state index is 13.3. The Morgan fingerprint density at radius 2 is 1.69 bits per heavy atom. The number of methoxy groups -OCH3 is 1. The summed E-state index contributed by atoms with van der Waals surface area (Å²) in [5.41, 5.74) is 1.48. The number of rotatable bonds is 4. The summed E-state index contributed by atoms with van der Waals surface area (Å²) in [5, 5.41) is 7.12. The Bertz CT molecular complexity index is 978. The second-order valence-corrected chi connectivity index (χ2v) is 9.95. The molecule has 3 saturated heterocycles. The van der Waals surface area contributed by atoms with Crippen molar-refractivity contribution >= 4 is 17.8 Å². The van der Waals surface area contributed by atoms with Gasteiger partial charge in [-0.3, -0.25) is 14.5 Å². The number of fused-ring (bicyclic) bond motifs is 1. The standard InChI is InChI=1S/C23H33N3O3.C2HF3O2/c1-18-6-4-5-7-19(18)20(27)26-12-8-22(9-13-26)16-25(14-15-29-3)17-23(22)10-11-24(2)21(23)28;3-2(4,5)1(6)7/h4-7H,8-17H2,1-3H3;(H,6,7). The van der Waals surface area contributed by atoms with E-state index in [9.17, 15) is 22.8 Å². The van der Waals surface area contributed by atoms with E-state index < -0.39 is 12.1 Å². The molecule has 0 aliphatic carbocycles. The molecule has 1 unspecified atom stereocenters. The van der Waals surface area contributed by atoms with Crippen molar-refractivity contribution in [3.63, 3.8) is 0 Å². The van der Waals surface area contributed by atoms with Gasteiger partial charge in [-0.05, 0) is 37.8 Å². The first-order chi connectivity index (χ1) is 16.9. The number of carboxylic acids is 1. The van der Waals surface area contributed by atoms with Crippen LogP contribution >= 0.6 is 0 Å². The zero-order chi connectivity index (χ0) is 26.7. The van der Waals surface area contributed by atoms with Gasteiger partial charge in [-0.15, -0.1) is 0 Å². The predicted octanol–water partition coefficient (Wildman–Crippen LogP) is 2.66. The smallest absolute Gasteiger partial charge is 0.475 e. The van der Waals surface area contributed by atoms with Gasteiger partial charge in [0, 0.05) is 64.4 Å². The number of carbonyl (C=O) groups is 3. The van der Waals surface area contributed by atoms with E-state index in [4.69, 9.17) is 14.6 Å². The van der Waals surface area contributed by atoms with Crippen molar-refractivity contribution in [1.29, 1.82) is 0 Å². The molecule has 0 aromatic heterocycles. The Morgan fingerprint density at radius 1 is 1.08 bits per heavy atom. The minimum Gasteiger partial charge on any atom is -0.475 e. The van der Waals surface area contributed by atoms with Crippen molar-refractivity contribution < 1.29 is 37.4 Å². The highest BCUT2D eigenvalue weighted by Crippen LogP contribution is 2.57. The molecule has 0 saturated carbocycles. The van der Waals surface area contributed by atoms with Gasteiger partial charge in [-0.25, -0.2) is 4.79 Å². The van der Waals surface area contributed by atoms with E-state index in [0.717, 1.165) is 69.7 Å². The SMILES string of the molecule is COCCN1CC2(CCN(C(=O)c3ccccc3C)CC2)C2(CCN(C)C2=O)C1.O=C(O)C(F)(F)F. The summed E-state index contributed by atoms with van der Waals surface area (Å²) in [4.78, 5) is 41.6. The maximum Gasteiger partial charge on any atom is 0.490 e. The Labute approximate surface area is 209 Å². The van der Waals surface area contributed by atoms with Gasteiger partial charge in [0.15, 0.2) is 0 Å². The number of nitrogens with zero attached hydrogens (tertiary/aromatic N) is 3. The zero-order valence-corrected chi connectivity index (χ0v) is 20.9. The molecule has 3 aliphatic rings. The topological polar surface area (TPSA) is 90.4 Å². The lowest BCUT2D eigenvalue weighted by molar-refractivity contribution is -0.192. The second kappa shape index (κ2) is 10.8. The van der Waals surface area contributed by atoms with Crippen LogP contribution in [-0.4, -0.2) is 104 Å². The van der Waals surface area contributed by atoms with Crippen molar-refractivity contribution in [2.75, 3.05) is 60.0 Å². The lowest BCUT2D eigenvalue weighted by atomic mass is 9.60. The molecule has 2 spiro atoms. The van der Waals surface area contributed by atoms with Gasteiger partial charge in [-0.2, -0.15) is 13.2 Å². The van der Waals surface area contributed by atoms with Crippen molar-refractivity contribution in [2.45, 2.75) is 32.4 Å². The van der Waals surface area contributed by atoms with Gasteiger partial charge in [0.2, 0.25) is 5.91 Å². The molecule has 36 heavy (non-hydrogen) atoms. The van der Waals surface area contributed by atoms with E-state index in [1.807, 2.05) is 48.0 Å². The summed E-state index contributed by atoms with van der Waals surface area (Å²) in [6, 6.07) is 7.81. The third-order valence-electron chi connectivity index (χ3n) is 7.90. The first kappa shape index (κ1) is 27.9. The number of hydrogen-bond donors (Lipinski definition) is 1. The van der Waals surface area contributed by atoms with E-state index in [0.29, 0.717) is 12.5 Å². The Kier molecular flexibility index (Phi) is 8.34. The van der Waals surface area contributed by atoms with Crippen LogP contribution in [0.15, 0.2) is 24.3 Å². The van der Waals surface area contributed by atoms with Crippen molar-refractivity contribution in [3.8, 4) is 0 Å². The highest BCUT2D eigenvalue weighted by molar-refractivity contribution is 5.95. The van der Waals surface area contributed by atoms with Gasteiger partial charge in [0.05, 0.1) is 12.0 Å². The molecule has 4 rings (SSSR count). The molecule has 11 heteroatoms. The molecule has 2 amide bonds. The van der Waals surface area contributed by atoms with Crippen molar-refractivity contribution in [1.82, 2.24) is 14.7 Å². The fourth-order valence-corrected chi connectivity index (χ4v) is 5.89. The van der Waals surface area contributed by atoms with E-state index in [-0.39, 0.29) is 16.7 Å². The van der Waals surface area contributed by atoms with Gasteiger partial charge in [0.1, 0.15) is 0 Å². The summed E-state index contributed by atoms with van der Waals surface area (Å²) in [6.45, 7) is 7.59. The van der Waals surface area contributed by atoms with E-state index in [2.05, 4.69) is 4.90 Å². The van der Waals surface area contributed by atoms with E-state index in [1.54, 1.807) is 7.11 Å². The Balaban J connectivity index is 0.000000454. The maximum absolute atomic E-state index is 13.3. The number of alkyl halides is 3. The third kappa shape index (κ3) is 5.36. The van der Waals surface area contributed by atoms with Crippen LogP contribution in [0.1, 0.15) is 35.2 Å². The van der Waals surface area contributed by atoms with Crippen LogP contribution in [-0.2, 0) is 14.3 Å². The normalized spacial score (nSPS) is 23.8. The number of hydrogen-bond acceptors (Lipinski definition) is 5. The number of aliphatic carboxylic acids is 1. The highest BCUT2D eigenvalue weighted by Gasteiger charge is 2.64. The van der Waals surface area contributed by atoms with Gasteiger partial charge < -0.3 is 19.6 Å². The van der Waals surface area contributed by atoms with Gasteiger partial charge in [0.25, 0.3) is 5.91 Å². The second-order valence-electron chi connectivity index (χ2n) is 9.95. The van der Waals surface area contributed by atoms with E-state index in [1.165, 1.54) is 0 Å². The molecule has 3 fully saturated rings. The molecule has 1 N–H and O–H groups in total. The average Bonchev–Trinajstić information content (AvgIpc) is 3.29. The third-order valence-corrected chi connectivity index (χ3v) is 7.90. The predicted molar refractivity (Wildman–Crippen MR) is 125 cm³/mol. The van der Waals surface area contributed by atoms with Gasteiger partial charge >= 0.3 is 12.1 Å². The number of benzene rings is 1. The van der Waals surface area contributed by atoms with Crippen molar-refractivity contribution in [3.05, 3.63) is 35.4 Å². The number of likely N-dealkylation sites (tertiary alicyclic amines) is 3. The number of ether oxygens (including phenoxy) is 1. The number of piperidine rings is 1. The molecule has 200 valence electrons. The first-order valence-electron chi connectivity index (χ1n) is 12.0. The van der Waals surface area contributed by atoms with E-state index >= 15 is 0 Å². The quantitative estimate of drug-likeness (QED) is 0.666. The van der Waals surface area contributed by atoms with Crippen LogP contribution in [0.4, 0.5) is 13.2 Å². The molecular formula is C25H34F3N3O5. The number of aryl methyl sites for hydroxylation is 1.